The lowest BCUT2D eigenvalue weighted by molar-refractivity contribution is -0.124. The first-order valence-electron chi connectivity index (χ1n) is 9.88. The third-order valence-electron chi connectivity index (χ3n) is 6.32. The molecule has 0 aliphatic heterocycles. The van der Waals surface area contributed by atoms with Gasteiger partial charge in [0.1, 0.15) is 18.1 Å². The molecule has 28 heavy (non-hydrogen) atoms. The molecule has 0 spiro atoms. The van der Waals surface area contributed by atoms with Crippen molar-refractivity contribution in [3.8, 4) is 5.75 Å². The Morgan fingerprint density at radius 3 is 2.43 bits per heavy atom. The fraction of sp³-hybridized carbons (Fsp3) is 0.522. The molecule has 5 heteroatoms. The maximum Gasteiger partial charge on any atom is 0.188 e. The SMILES string of the molecule is CC(=O)[C@@H]1C[C@H](OCC(=O)c2ccc(O)cc2)C2=C(C)C(=O)C[C@H](C(C)C)[C@@H]21. The fourth-order valence-electron chi connectivity index (χ4n) is 4.75. The van der Waals surface area contributed by atoms with E-state index in [2.05, 4.69) is 13.8 Å². The molecule has 1 N–H and O–H groups in total. The molecular formula is C23H28O5. The molecule has 0 unspecified atom stereocenters. The first kappa shape index (κ1) is 20.5. The van der Waals surface area contributed by atoms with Crippen LogP contribution in [0.1, 0.15) is 50.9 Å². The normalized spacial score (nSPS) is 27.2. The number of phenolic OH excluding ortho intramolecular Hbond substituents is 1. The number of fused-ring (bicyclic) bond motifs is 1. The highest BCUT2D eigenvalue weighted by Gasteiger charge is 2.50. The summed E-state index contributed by atoms with van der Waals surface area (Å²) in [5.41, 5.74) is 2.09. The number of hydrogen-bond acceptors (Lipinski definition) is 5. The van der Waals surface area contributed by atoms with Crippen molar-refractivity contribution in [1.29, 1.82) is 0 Å². The summed E-state index contributed by atoms with van der Waals surface area (Å²) in [5, 5.41) is 9.36. The molecule has 1 fully saturated rings. The lowest BCUT2D eigenvalue weighted by Gasteiger charge is -2.36. The van der Waals surface area contributed by atoms with Crippen LogP contribution in [0.4, 0.5) is 0 Å². The number of phenols is 1. The summed E-state index contributed by atoms with van der Waals surface area (Å²) < 4.78 is 5.97. The molecule has 4 atom stereocenters. The van der Waals surface area contributed by atoms with Crippen LogP contribution in [0.15, 0.2) is 35.4 Å². The summed E-state index contributed by atoms with van der Waals surface area (Å²) in [4.78, 5) is 37.4. The lowest BCUT2D eigenvalue weighted by atomic mass is 9.68. The minimum atomic E-state index is -0.384. The van der Waals surface area contributed by atoms with Gasteiger partial charge in [0, 0.05) is 17.9 Å². The van der Waals surface area contributed by atoms with Gasteiger partial charge in [-0.2, -0.15) is 0 Å². The zero-order chi connectivity index (χ0) is 20.6. The summed E-state index contributed by atoms with van der Waals surface area (Å²) in [6, 6.07) is 6.04. The Kier molecular flexibility index (Phi) is 5.84. The van der Waals surface area contributed by atoms with Crippen LogP contribution in [0.3, 0.4) is 0 Å². The quantitative estimate of drug-likeness (QED) is 0.756. The molecule has 0 bridgehead atoms. The largest absolute Gasteiger partial charge is 0.508 e. The summed E-state index contributed by atoms with van der Waals surface area (Å²) in [6.07, 6.45) is 0.609. The zero-order valence-corrected chi connectivity index (χ0v) is 16.9. The third kappa shape index (κ3) is 3.81. The van der Waals surface area contributed by atoms with Gasteiger partial charge < -0.3 is 9.84 Å². The standard InChI is InChI=1S/C23H28O5/c1-12(2)17-9-19(26)13(3)22-21(10-18(14(4)24)23(17)22)28-11-20(27)15-5-7-16(25)8-6-15/h5-8,12,17-18,21,23,25H,9-11H2,1-4H3/t17-,18+,21+,23-/m1/s1. The van der Waals surface area contributed by atoms with Crippen molar-refractivity contribution in [2.75, 3.05) is 6.61 Å². The van der Waals surface area contributed by atoms with Crippen molar-refractivity contribution in [2.45, 2.75) is 46.6 Å². The predicted octanol–water partition coefficient (Wildman–Crippen LogP) is 3.75. The van der Waals surface area contributed by atoms with Crippen LogP contribution in [0, 0.1) is 23.7 Å². The van der Waals surface area contributed by atoms with Crippen molar-refractivity contribution in [1.82, 2.24) is 0 Å². The van der Waals surface area contributed by atoms with Gasteiger partial charge in [0.05, 0.1) is 6.10 Å². The third-order valence-corrected chi connectivity index (χ3v) is 6.32. The van der Waals surface area contributed by atoms with E-state index in [1.165, 1.54) is 12.1 Å². The number of ether oxygens (including phenoxy) is 1. The first-order valence-corrected chi connectivity index (χ1v) is 9.88. The van der Waals surface area contributed by atoms with E-state index in [1.807, 2.05) is 6.92 Å². The summed E-state index contributed by atoms with van der Waals surface area (Å²) in [7, 11) is 0. The predicted molar refractivity (Wildman–Crippen MR) is 105 cm³/mol. The van der Waals surface area contributed by atoms with Crippen LogP contribution in [0.2, 0.25) is 0 Å². The van der Waals surface area contributed by atoms with E-state index in [4.69, 9.17) is 4.74 Å². The van der Waals surface area contributed by atoms with Crippen LogP contribution in [-0.2, 0) is 14.3 Å². The Balaban J connectivity index is 1.84. The van der Waals surface area contributed by atoms with E-state index in [0.29, 0.717) is 24.0 Å². The molecule has 0 heterocycles. The van der Waals surface area contributed by atoms with E-state index < -0.39 is 0 Å². The molecule has 0 amide bonds. The number of carbonyl (C=O) groups excluding carboxylic acids is 3. The molecule has 1 saturated carbocycles. The Hall–Kier alpha value is -2.27. The van der Waals surface area contributed by atoms with Crippen molar-refractivity contribution in [2.24, 2.45) is 23.7 Å². The number of benzene rings is 1. The van der Waals surface area contributed by atoms with Gasteiger partial charge in [0.25, 0.3) is 0 Å². The number of hydrogen-bond donors (Lipinski definition) is 1. The highest BCUT2D eigenvalue weighted by atomic mass is 16.5. The second-order valence-electron chi connectivity index (χ2n) is 8.36. The minimum Gasteiger partial charge on any atom is -0.508 e. The van der Waals surface area contributed by atoms with Gasteiger partial charge in [0.15, 0.2) is 11.6 Å². The molecule has 1 aromatic carbocycles. The molecule has 1 aromatic rings. The highest BCUT2D eigenvalue weighted by Crippen LogP contribution is 2.50. The number of allylic oxidation sites excluding steroid dienone is 1. The molecule has 2 aliphatic carbocycles. The Morgan fingerprint density at radius 2 is 1.86 bits per heavy atom. The number of ketones is 3. The van der Waals surface area contributed by atoms with Crippen LogP contribution in [-0.4, -0.2) is 35.2 Å². The second-order valence-corrected chi connectivity index (χ2v) is 8.36. The van der Waals surface area contributed by atoms with Gasteiger partial charge in [-0.1, -0.05) is 13.8 Å². The average Bonchev–Trinajstić information content (AvgIpc) is 3.03. The van der Waals surface area contributed by atoms with Gasteiger partial charge in [-0.3, -0.25) is 14.4 Å². The molecular weight excluding hydrogens is 356 g/mol. The van der Waals surface area contributed by atoms with Crippen molar-refractivity contribution < 1.29 is 24.2 Å². The van der Waals surface area contributed by atoms with Gasteiger partial charge in [0.2, 0.25) is 0 Å². The molecule has 150 valence electrons. The topological polar surface area (TPSA) is 80.7 Å². The van der Waals surface area contributed by atoms with E-state index in [0.717, 1.165) is 5.57 Å². The average molecular weight is 384 g/mol. The van der Waals surface area contributed by atoms with Crippen LogP contribution in [0.25, 0.3) is 0 Å². The van der Waals surface area contributed by atoms with E-state index in [9.17, 15) is 19.5 Å². The molecule has 0 radical (unpaired) electrons. The van der Waals surface area contributed by atoms with Gasteiger partial charge in [-0.25, -0.2) is 0 Å². The summed E-state index contributed by atoms with van der Waals surface area (Å²) in [5.74, 6) is 0.408. The number of aromatic hydroxyl groups is 1. The van der Waals surface area contributed by atoms with Crippen molar-refractivity contribution in [3.05, 3.63) is 41.0 Å². The van der Waals surface area contributed by atoms with Crippen LogP contribution in [0.5, 0.6) is 5.75 Å². The molecule has 0 saturated heterocycles. The number of carbonyl (C=O) groups is 3. The Morgan fingerprint density at radius 1 is 1.21 bits per heavy atom. The van der Waals surface area contributed by atoms with Crippen molar-refractivity contribution >= 4 is 17.3 Å². The second kappa shape index (κ2) is 8.00. The Labute approximate surface area is 165 Å². The summed E-state index contributed by atoms with van der Waals surface area (Å²) >= 11 is 0. The minimum absolute atomic E-state index is 0.0176. The first-order chi connectivity index (χ1) is 13.2. The molecule has 0 aromatic heterocycles. The zero-order valence-electron chi connectivity index (χ0n) is 16.9. The highest BCUT2D eigenvalue weighted by molar-refractivity contribution is 5.98. The smallest absolute Gasteiger partial charge is 0.188 e. The lowest BCUT2D eigenvalue weighted by Crippen LogP contribution is -2.35. The molecule has 2 aliphatic rings. The molecule has 3 rings (SSSR count). The number of rotatable bonds is 6. The van der Waals surface area contributed by atoms with Crippen LogP contribution >= 0.6 is 0 Å². The van der Waals surface area contributed by atoms with Crippen molar-refractivity contribution in [3.63, 3.8) is 0 Å². The Bertz CT molecular complexity index is 818. The number of Topliss-reactive ketones (excluding diaryl/α,β-unsaturated/α-hetero) is 3. The van der Waals surface area contributed by atoms with E-state index in [1.54, 1.807) is 19.1 Å². The maximum absolute atomic E-state index is 12.6. The summed E-state index contributed by atoms with van der Waals surface area (Å²) in [6.45, 7) is 7.49. The van der Waals surface area contributed by atoms with Gasteiger partial charge in [-0.05, 0) is 73.4 Å². The van der Waals surface area contributed by atoms with Gasteiger partial charge >= 0.3 is 0 Å². The van der Waals surface area contributed by atoms with Crippen LogP contribution < -0.4 is 0 Å². The van der Waals surface area contributed by atoms with E-state index >= 15 is 0 Å². The fourth-order valence-corrected chi connectivity index (χ4v) is 4.75. The monoisotopic (exact) mass is 384 g/mol. The molecule has 5 nitrogen and oxygen atoms in total. The van der Waals surface area contributed by atoms with Gasteiger partial charge in [-0.15, -0.1) is 0 Å². The van der Waals surface area contributed by atoms with E-state index in [-0.39, 0.29) is 59.5 Å². The maximum atomic E-state index is 12.6.